The zero-order valence-electron chi connectivity index (χ0n) is 29.8. The molecule has 9 aromatic carbocycles. The van der Waals surface area contributed by atoms with Crippen LogP contribution >= 0.6 is 0 Å². The Labute approximate surface area is 317 Å². The first-order chi connectivity index (χ1) is 27.2. The van der Waals surface area contributed by atoms with Gasteiger partial charge in [-0.15, -0.1) is 0 Å². The van der Waals surface area contributed by atoms with Gasteiger partial charge in [-0.3, -0.25) is 0 Å². The normalized spacial score (nSPS) is 11.6. The van der Waals surface area contributed by atoms with Crippen LogP contribution in [0.4, 0.5) is 0 Å². The monoisotopic (exact) mass is 700 g/mol. The van der Waals surface area contributed by atoms with E-state index in [0.29, 0.717) is 17.5 Å². The van der Waals surface area contributed by atoms with Crippen molar-refractivity contribution >= 4 is 54.1 Å². The van der Waals surface area contributed by atoms with Crippen molar-refractivity contribution in [3.8, 4) is 51.0 Å². The zero-order chi connectivity index (χ0) is 36.3. The van der Waals surface area contributed by atoms with Gasteiger partial charge in [0.15, 0.2) is 17.5 Å². The summed E-state index contributed by atoms with van der Waals surface area (Å²) in [7, 11) is 0. The molecule has 2 heterocycles. The number of benzene rings is 9. The first-order valence-electron chi connectivity index (χ1n) is 18.6. The molecule has 4 heteroatoms. The van der Waals surface area contributed by atoms with Gasteiger partial charge >= 0.3 is 0 Å². The third kappa shape index (κ3) is 5.26. The Morgan fingerprint density at radius 3 is 1.53 bits per heavy atom. The number of rotatable bonds is 5. The Hall–Kier alpha value is -7.43. The number of hydrogen-bond acceptors (Lipinski definition) is 3. The van der Waals surface area contributed by atoms with Crippen LogP contribution in [0.2, 0.25) is 0 Å². The fourth-order valence-electron chi connectivity index (χ4n) is 8.13. The van der Waals surface area contributed by atoms with Crippen LogP contribution in [-0.2, 0) is 0 Å². The summed E-state index contributed by atoms with van der Waals surface area (Å²) in [6, 6.07) is 68.8. The summed E-state index contributed by atoms with van der Waals surface area (Å²) in [4.78, 5) is 14.7. The summed E-state index contributed by atoms with van der Waals surface area (Å²) in [6.45, 7) is 0. The SMILES string of the molecule is c1ccc(-c2nc(-c3ccccc3)nc(-c3ccc(-c4ccc5c(ccc6c5c5ccccc5n6-c5ccc6ccc7ccccc7c6c5)c4)cc3)n2)cc1. The van der Waals surface area contributed by atoms with Gasteiger partial charge in [-0.2, -0.15) is 0 Å². The van der Waals surface area contributed by atoms with Crippen LogP contribution in [-0.4, -0.2) is 19.5 Å². The highest BCUT2D eigenvalue weighted by Gasteiger charge is 2.17. The Morgan fingerprint density at radius 1 is 0.291 bits per heavy atom. The van der Waals surface area contributed by atoms with Crippen LogP contribution < -0.4 is 0 Å². The number of nitrogens with zero attached hydrogens (tertiary/aromatic N) is 4. The molecule has 55 heavy (non-hydrogen) atoms. The fourth-order valence-corrected chi connectivity index (χ4v) is 8.13. The molecule has 0 amide bonds. The molecule has 0 spiro atoms. The van der Waals surface area contributed by atoms with Gasteiger partial charge in [-0.1, -0.05) is 164 Å². The standard InChI is InChI=1S/C51H32N4/c1-3-12-36(13-4-1)49-52-50(37-14-5-2-6-15-37)54-51(53-49)38-23-19-33(20-24-38)39-26-29-43-40(31-39)27-30-47-48(43)44-17-9-10-18-46(44)55(47)41-28-25-35-22-21-34-11-7-8-16-42(34)45(35)32-41/h1-32H. The van der Waals surface area contributed by atoms with E-state index in [1.165, 1.54) is 54.1 Å². The molecule has 256 valence electrons. The van der Waals surface area contributed by atoms with Gasteiger partial charge in [0.05, 0.1) is 11.0 Å². The topological polar surface area (TPSA) is 43.6 Å². The number of aromatic nitrogens is 4. The van der Waals surface area contributed by atoms with Gasteiger partial charge in [0.25, 0.3) is 0 Å². The average molecular weight is 701 g/mol. The van der Waals surface area contributed by atoms with Crippen LogP contribution in [0.1, 0.15) is 0 Å². The summed E-state index contributed by atoms with van der Waals surface area (Å²) in [5, 5.41) is 10.0. The van der Waals surface area contributed by atoms with Crippen molar-refractivity contribution in [1.82, 2.24) is 19.5 Å². The van der Waals surface area contributed by atoms with Crippen molar-refractivity contribution in [2.24, 2.45) is 0 Å². The van der Waals surface area contributed by atoms with Crippen LogP contribution in [0.5, 0.6) is 0 Å². The summed E-state index contributed by atoms with van der Waals surface area (Å²) >= 11 is 0. The molecule has 4 nitrogen and oxygen atoms in total. The predicted molar refractivity (Wildman–Crippen MR) is 228 cm³/mol. The molecule has 0 aliphatic carbocycles. The molecule has 0 unspecified atom stereocenters. The summed E-state index contributed by atoms with van der Waals surface area (Å²) < 4.78 is 2.42. The second kappa shape index (κ2) is 12.6. The molecule has 0 aliphatic rings. The van der Waals surface area contributed by atoms with Crippen molar-refractivity contribution in [2.75, 3.05) is 0 Å². The van der Waals surface area contributed by atoms with Crippen LogP contribution in [0.15, 0.2) is 194 Å². The lowest BCUT2D eigenvalue weighted by Crippen LogP contribution is -2.00. The largest absolute Gasteiger partial charge is 0.309 e. The lowest BCUT2D eigenvalue weighted by atomic mass is 9.97. The van der Waals surface area contributed by atoms with Crippen molar-refractivity contribution in [3.63, 3.8) is 0 Å². The van der Waals surface area contributed by atoms with E-state index >= 15 is 0 Å². The predicted octanol–water partition coefficient (Wildman–Crippen LogP) is 13.1. The molecule has 11 aromatic rings. The summed E-state index contributed by atoms with van der Waals surface area (Å²) in [5.41, 5.74) is 8.72. The van der Waals surface area contributed by atoms with E-state index in [0.717, 1.165) is 33.5 Å². The van der Waals surface area contributed by atoms with E-state index in [9.17, 15) is 0 Å². The maximum atomic E-state index is 4.92. The highest BCUT2D eigenvalue weighted by molar-refractivity contribution is 6.22. The Bertz CT molecular complexity index is 3180. The van der Waals surface area contributed by atoms with Gasteiger partial charge in [0.2, 0.25) is 0 Å². The van der Waals surface area contributed by atoms with Crippen molar-refractivity contribution < 1.29 is 0 Å². The minimum Gasteiger partial charge on any atom is -0.309 e. The lowest BCUT2D eigenvalue weighted by Gasteiger charge is -2.12. The van der Waals surface area contributed by atoms with E-state index in [-0.39, 0.29) is 0 Å². The molecule has 0 bridgehead atoms. The van der Waals surface area contributed by atoms with Crippen molar-refractivity contribution in [2.45, 2.75) is 0 Å². The highest BCUT2D eigenvalue weighted by atomic mass is 15.0. The van der Waals surface area contributed by atoms with E-state index in [1.807, 2.05) is 60.7 Å². The third-order valence-corrected chi connectivity index (χ3v) is 10.8. The average Bonchev–Trinajstić information content (AvgIpc) is 3.61. The molecule has 0 fully saturated rings. The summed E-state index contributed by atoms with van der Waals surface area (Å²) in [6.07, 6.45) is 0. The number of para-hydroxylation sites is 1. The molecule has 2 aromatic heterocycles. The molecular formula is C51H32N4. The minimum atomic E-state index is 0.649. The quantitative estimate of drug-likeness (QED) is 0.168. The van der Waals surface area contributed by atoms with E-state index < -0.39 is 0 Å². The second-order valence-electron chi connectivity index (χ2n) is 14.1. The molecule has 0 saturated heterocycles. The van der Waals surface area contributed by atoms with E-state index in [1.54, 1.807) is 0 Å². The molecule has 0 atom stereocenters. The number of hydrogen-bond donors (Lipinski definition) is 0. The van der Waals surface area contributed by atoms with Gasteiger partial charge in [0.1, 0.15) is 0 Å². The Balaban J connectivity index is 0.998. The van der Waals surface area contributed by atoms with Crippen LogP contribution in [0.3, 0.4) is 0 Å². The van der Waals surface area contributed by atoms with Crippen molar-refractivity contribution in [3.05, 3.63) is 194 Å². The second-order valence-corrected chi connectivity index (χ2v) is 14.1. The van der Waals surface area contributed by atoms with E-state index in [4.69, 9.17) is 15.0 Å². The maximum Gasteiger partial charge on any atom is 0.164 e. The third-order valence-electron chi connectivity index (χ3n) is 10.8. The molecular weight excluding hydrogens is 669 g/mol. The molecule has 0 aliphatic heterocycles. The van der Waals surface area contributed by atoms with Gasteiger partial charge < -0.3 is 4.57 Å². The minimum absolute atomic E-state index is 0.649. The summed E-state index contributed by atoms with van der Waals surface area (Å²) in [5.74, 6) is 1.96. The fraction of sp³-hybridized carbons (Fsp3) is 0. The molecule has 0 saturated carbocycles. The highest BCUT2D eigenvalue weighted by Crippen LogP contribution is 2.39. The van der Waals surface area contributed by atoms with Gasteiger partial charge in [-0.05, 0) is 73.8 Å². The number of fused-ring (bicyclic) bond motifs is 8. The van der Waals surface area contributed by atoms with Crippen molar-refractivity contribution in [1.29, 1.82) is 0 Å². The van der Waals surface area contributed by atoms with Crippen LogP contribution in [0.25, 0.3) is 105 Å². The maximum absolute atomic E-state index is 4.92. The van der Waals surface area contributed by atoms with Gasteiger partial charge in [0, 0.05) is 33.2 Å². The first-order valence-corrected chi connectivity index (χ1v) is 18.6. The van der Waals surface area contributed by atoms with Gasteiger partial charge in [-0.25, -0.2) is 15.0 Å². The van der Waals surface area contributed by atoms with E-state index in [2.05, 4.69) is 138 Å². The first kappa shape index (κ1) is 31.1. The smallest absolute Gasteiger partial charge is 0.164 e. The molecule has 0 N–H and O–H groups in total. The Morgan fingerprint density at radius 2 is 0.818 bits per heavy atom. The zero-order valence-corrected chi connectivity index (χ0v) is 29.8. The lowest BCUT2D eigenvalue weighted by molar-refractivity contribution is 1.07. The Kier molecular flexibility index (Phi) is 7.14. The van der Waals surface area contributed by atoms with Crippen LogP contribution in [0, 0.1) is 0 Å². The molecule has 11 rings (SSSR count). The molecule has 0 radical (unpaired) electrons.